The molecular formula is C30H38N2O5. The van der Waals surface area contributed by atoms with Crippen LogP contribution in [0.4, 0.5) is 11.4 Å². The van der Waals surface area contributed by atoms with Gasteiger partial charge in [-0.25, -0.2) is 9.59 Å². The number of ether oxygens (including phenoxy) is 3. The molecule has 1 aliphatic carbocycles. The summed E-state index contributed by atoms with van der Waals surface area (Å²) in [5, 5.41) is 0. The number of allylic oxidation sites excluding steroid dienone is 1. The molecule has 1 aliphatic rings. The zero-order chi connectivity index (χ0) is 26.5. The number of anilines is 2. The van der Waals surface area contributed by atoms with Crippen molar-refractivity contribution in [3.63, 3.8) is 0 Å². The molecule has 0 aliphatic heterocycles. The van der Waals surface area contributed by atoms with Crippen LogP contribution in [0.1, 0.15) is 72.9 Å². The molecule has 0 unspecified atom stereocenters. The fourth-order valence-electron chi connectivity index (χ4n) is 4.20. The van der Waals surface area contributed by atoms with Gasteiger partial charge in [0.1, 0.15) is 12.7 Å². The first-order valence-electron chi connectivity index (χ1n) is 13.0. The average molecular weight is 507 g/mol. The van der Waals surface area contributed by atoms with E-state index in [1.54, 1.807) is 48.5 Å². The van der Waals surface area contributed by atoms with Crippen molar-refractivity contribution in [1.29, 1.82) is 0 Å². The Hall–Kier alpha value is -3.58. The third-order valence-corrected chi connectivity index (χ3v) is 6.40. The van der Waals surface area contributed by atoms with Crippen molar-refractivity contribution in [2.75, 3.05) is 18.1 Å². The molecule has 0 amide bonds. The number of hydrogen-bond acceptors (Lipinski definition) is 7. The molecule has 7 heteroatoms. The molecule has 37 heavy (non-hydrogen) atoms. The Morgan fingerprint density at radius 3 is 2.41 bits per heavy atom. The molecule has 0 heterocycles. The van der Waals surface area contributed by atoms with Crippen molar-refractivity contribution in [1.82, 2.24) is 0 Å². The van der Waals surface area contributed by atoms with E-state index in [4.69, 9.17) is 25.7 Å². The summed E-state index contributed by atoms with van der Waals surface area (Å²) in [6.07, 6.45) is 13.0. The Kier molecular flexibility index (Phi) is 11.2. The number of unbranched alkanes of at least 4 members (excludes halogenated alkanes) is 3. The van der Waals surface area contributed by atoms with Crippen LogP contribution >= 0.6 is 0 Å². The van der Waals surface area contributed by atoms with Crippen LogP contribution in [0.15, 0.2) is 61.2 Å². The minimum atomic E-state index is -0.502. The molecule has 198 valence electrons. The molecule has 3 rings (SSSR count). The predicted molar refractivity (Wildman–Crippen MR) is 147 cm³/mol. The Morgan fingerprint density at radius 2 is 1.68 bits per heavy atom. The highest BCUT2D eigenvalue weighted by molar-refractivity contribution is 5.90. The monoisotopic (exact) mass is 506 g/mol. The van der Waals surface area contributed by atoms with Crippen LogP contribution in [0.2, 0.25) is 0 Å². The molecule has 0 aromatic heterocycles. The van der Waals surface area contributed by atoms with Crippen LogP contribution in [0.3, 0.4) is 0 Å². The number of nitrogen functional groups attached to an aromatic ring is 2. The summed E-state index contributed by atoms with van der Waals surface area (Å²) in [7, 11) is 0. The highest BCUT2D eigenvalue weighted by atomic mass is 16.5. The van der Waals surface area contributed by atoms with Crippen molar-refractivity contribution >= 4 is 29.4 Å². The second kappa shape index (κ2) is 14.9. The van der Waals surface area contributed by atoms with Gasteiger partial charge in [-0.2, -0.15) is 0 Å². The summed E-state index contributed by atoms with van der Waals surface area (Å²) in [6.45, 7) is 4.57. The SMILES string of the molecule is C=CCCCCCOC1CCC(OC(=O)c2ccc(/C=C/C(=O)OCc3cc(N)ccc3N)cc2)CC1. The predicted octanol–water partition coefficient (Wildman–Crippen LogP) is 5.84. The highest BCUT2D eigenvalue weighted by Crippen LogP contribution is 2.25. The van der Waals surface area contributed by atoms with E-state index >= 15 is 0 Å². The van der Waals surface area contributed by atoms with Gasteiger partial charge in [0, 0.05) is 29.6 Å². The van der Waals surface area contributed by atoms with Gasteiger partial charge >= 0.3 is 11.9 Å². The summed E-state index contributed by atoms with van der Waals surface area (Å²) < 4.78 is 16.9. The first-order valence-corrected chi connectivity index (χ1v) is 13.0. The first kappa shape index (κ1) is 28.0. The highest BCUT2D eigenvalue weighted by Gasteiger charge is 2.24. The van der Waals surface area contributed by atoms with Crippen LogP contribution in [-0.2, 0) is 25.6 Å². The molecular weight excluding hydrogens is 468 g/mol. The van der Waals surface area contributed by atoms with Gasteiger partial charge < -0.3 is 25.7 Å². The van der Waals surface area contributed by atoms with Crippen molar-refractivity contribution in [2.45, 2.75) is 70.2 Å². The summed E-state index contributed by atoms with van der Waals surface area (Å²) in [4.78, 5) is 24.6. The third kappa shape index (κ3) is 9.77. The number of hydrogen-bond donors (Lipinski definition) is 2. The van der Waals surface area contributed by atoms with E-state index < -0.39 is 5.97 Å². The molecule has 1 saturated carbocycles. The molecule has 1 fully saturated rings. The Labute approximate surface area is 219 Å². The standard InChI is InChI=1S/C30H38N2O5/c1-2-3-4-5-6-19-35-26-13-15-27(16-14-26)37-30(34)23-10-7-22(8-11-23)9-18-29(33)36-21-24-20-25(31)12-17-28(24)32/h2,7-12,17-18,20,26-27H,1,3-6,13-16,19,21,31-32H2/b18-9+. The van der Waals surface area contributed by atoms with Crippen LogP contribution < -0.4 is 11.5 Å². The van der Waals surface area contributed by atoms with Crippen LogP contribution in [0, 0.1) is 0 Å². The molecule has 7 nitrogen and oxygen atoms in total. The van der Waals surface area contributed by atoms with E-state index in [1.165, 1.54) is 12.5 Å². The number of nitrogens with two attached hydrogens (primary N) is 2. The number of carbonyl (C=O) groups excluding carboxylic acids is 2. The molecule has 2 aromatic rings. The van der Waals surface area contributed by atoms with E-state index in [1.807, 2.05) is 6.08 Å². The Morgan fingerprint density at radius 1 is 0.946 bits per heavy atom. The maximum absolute atomic E-state index is 12.6. The van der Waals surface area contributed by atoms with Gasteiger partial charge in [0.2, 0.25) is 0 Å². The lowest BCUT2D eigenvalue weighted by Gasteiger charge is -2.28. The van der Waals surface area contributed by atoms with Gasteiger partial charge in [-0.05, 0) is 86.9 Å². The van der Waals surface area contributed by atoms with Crippen molar-refractivity contribution < 1.29 is 23.8 Å². The van der Waals surface area contributed by atoms with Gasteiger partial charge in [0.25, 0.3) is 0 Å². The van der Waals surface area contributed by atoms with Crippen LogP contribution in [0.5, 0.6) is 0 Å². The number of esters is 2. The first-order chi connectivity index (χ1) is 17.9. The van der Waals surface area contributed by atoms with E-state index in [9.17, 15) is 9.59 Å². The van der Waals surface area contributed by atoms with Gasteiger partial charge in [0.05, 0.1) is 11.7 Å². The molecule has 0 saturated heterocycles. The fourth-order valence-corrected chi connectivity index (χ4v) is 4.20. The molecule has 0 bridgehead atoms. The zero-order valence-electron chi connectivity index (χ0n) is 21.4. The molecule has 4 N–H and O–H groups in total. The zero-order valence-corrected chi connectivity index (χ0v) is 21.4. The van der Waals surface area contributed by atoms with Crippen molar-refractivity contribution in [2.24, 2.45) is 0 Å². The number of benzene rings is 2. The average Bonchev–Trinajstić information content (AvgIpc) is 2.91. The fraction of sp³-hybridized carbons (Fsp3) is 0.400. The Balaban J connectivity index is 1.36. The summed E-state index contributed by atoms with van der Waals surface area (Å²) in [5.74, 6) is -0.834. The molecule has 0 radical (unpaired) electrons. The quantitative estimate of drug-likeness (QED) is 0.115. The van der Waals surface area contributed by atoms with Crippen molar-refractivity contribution in [3.05, 3.63) is 77.9 Å². The normalized spacial score (nSPS) is 17.4. The largest absolute Gasteiger partial charge is 0.459 e. The van der Waals surface area contributed by atoms with Gasteiger partial charge in [-0.3, -0.25) is 0 Å². The van der Waals surface area contributed by atoms with E-state index in [0.717, 1.165) is 57.1 Å². The number of carbonyl (C=O) groups is 2. The van der Waals surface area contributed by atoms with Crippen LogP contribution in [-0.4, -0.2) is 30.8 Å². The minimum absolute atomic E-state index is 0.0367. The molecule has 0 spiro atoms. The maximum Gasteiger partial charge on any atom is 0.338 e. The topological polar surface area (TPSA) is 114 Å². The second-order valence-electron chi connectivity index (χ2n) is 9.33. The van der Waals surface area contributed by atoms with E-state index in [2.05, 4.69) is 6.58 Å². The molecule has 0 atom stereocenters. The second-order valence-corrected chi connectivity index (χ2v) is 9.33. The van der Waals surface area contributed by atoms with Crippen LogP contribution in [0.25, 0.3) is 6.08 Å². The maximum atomic E-state index is 12.6. The van der Waals surface area contributed by atoms with E-state index in [0.29, 0.717) is 22.5 Å². The van der Waals surface area contributed by atoms with E-state index in [-0.39, 0.29) is 24.8 Å². The van der Waals surface area contributed by atoms with Gasteiger partial charge in [-0.1, -0.05) is 24.6 Å². The lowest BCUT2D eigenvalue weighted by Crippen LogP contribution is -2.28. The lowest BCUT2D eigenvalue weighted by atomic mass is 9.95. The summed E-state index contributed by atoms with van der Waals surface area (Å²) in [5.41, 5.74) is 14.6. The Bertz CT molecular complexity index is 1060. The molecule has 2 aromatic carbocycles. The van der Waals surface area contributed by atoms with Gasteiger partial charge in [-0.15, -0.1) is 6.58 Å². The summed E-state index contributed by atoms with van der Waals surface area (Å²) >= 11 is 0. The van der Waals surface area contributed by atoms with Crippen molar-refractivity contribution in [3.8, 4) is 0 Å². The van der Waals surface area contributed by atoms with Gasteiger partial charge in [0.15, 0.2) is 0 Å². The third-order valence-electron chi connectivity index (χ3n) is 6.40. The smallest absolute Gasteiger partial charge is 0.338 e. The minimum Gasteiger partial charge on any atom is -0.459 e. The summed E-state index contributed by atoms with van der Waals surface area (Å²) in [6, 6.07) is 12.0. The lowest BCUT2D eigenvalue weighted by molar-refractivity contribution is -0.138. The number of rotatable bonds is 13.